The maximum atomic E-state index is 12.6. The van der Waals surface area contributed by atoms with Gasteiger partial charge in [0.15, 0.2) is 6.61 Å². The van der Waals surface area contributed by atoms with E-state index in [0.29, 0.717) is 28.3 Å². The summed E-state index contributed by atoms with van der Waals surface area (Å²) >= 11 is 0. The molecule has 0 aromatic heterocycles. The van der Waals surface area contributed by atoms with Crippen molar-refractivity contribution in [1.82, 2.24) is 4.90 Å². The number of nitrogens with one attached hydrogen (secondary N) is 1. The minimum absolute atomic E-state index is 0.209. The molecule has 162 valence electrons. The summed E-state index contributed by atoms with van der Waals surface area (Å²) in [4.78, 5) is 51.9. The van der Waals surface area contributed by atoms with Crippen LogP contribution in [0.25, 0.3) is 0 Å². The second kappa shape index (κ2) is 9.29. The smallest absolute Gasteiger partial charge is 0.338 e. The van der Waals surface area contributed by atoms with Gasteiger partial charge in [-0.1, -0.05) is 6.07 Å². The van der Waals surface area contributed by atoms with Crippen LogP contribution in [0.5, 0.6) is 5.75 Å². The summed E-state index contributed by atoms with van der Waals surface area (Å²) in [5.41, 5.74) is 1.42. The Morgan fingerprint density at radius 2 is 1.90 bits per heavy atom. The van der Waals surface area contributed by atoms with Crippen molar-refractivity contribution in [1.29, 1.82) is 0 Å². The van der Waals surface area contributed by atoms with Crippen LogP contribution in [0.2, 0.25) is 0 Å². The first-order valence-corrected chi connectivity index (χ1v) is 9.66. The first-order valence-electron chi connectivity index (χ1n) is 9.66. The van der Waals surface area contributed by atoms with Crippen molar-refractivity contribution in [2.45, 2.75) is 6.92 Å². The van der Waals surface area contributed by atoms with E-state index in [9.17, 15) is 19.2 Å². The van der Waals surface area contributed by atoms with Gasteiger partial charge < -0.3 is 19.7 Å². The van der Waals surface area contributed by atoms with Crippen molar-refractivity contribution in [3.05, 3.63) is 53.6 Å². The summed E-state index contributed by atoms with van der Waals surface area (Å²) < 4.78 is 10.4. The lowest BCUT2D eigenvalue weighted by molar-refractivity contribution is -0.123. The van der Waals surface area contributed by atoms with E-state index >= 15 is 0 Å². The Balaban J connectivity index is 1.78. The van der Waals surface area contributed by atoms with Gasteiger partial charge in [-0.2, -0.15) is 0 Å². The number of rotatable bonds is 6. The third-order valence-corrected chi connectivity index (χ3v) is 4.51. The Kier molecular flexibility index (Phi) is 6.54. The first-order chi connectivity index (χ1) is 14.8. The van der Waals surface area contributed by atoms with Crippen LogP contribution in [0.1, 0.15) is 27.6 Å². The summed E-state index contributed by atoms with van der Waals surface area (Å²) in [5.74, 6) is -1.19. The molecule has 0 radical (unpaired) electrons. The number of amides is 3. The molecule has 0 atom stereocenters. The van der Waals surface area contributed by atoms with Crippen molar-refractivity contribution in [2.75, 3.05) is 44.1 Å². The van der Waals surface area contributed by atoms with E-state index < -0.39 is 17.8 Å². The normalized spacial score (nSPS) is 12.5. The zero-order chi connectivity index (χ0) is 22.5. The third-order valence-electron chi connectivity index (χ3n) is 4.51. The Labute approximate surface area is 179 Å². The lowest BCUT2D eigenvalue weighted by Gasteiger charge is -2.29. The standard InChI is InChI=1S/C22H23N3O6/c1-4-30-22(29)15-6-5-7-16(10-15)23-19(26)12-25-17-11-14(21(28)24(2)3)8-9-18(17)31-13-20(25)27/h5-11H,4,12-13H2,1-3H3,(H,23,26). The fourth-order valence-electron chi connectivity index (χ4n) is 3.05. The highest BCUT2D eigenvalue weighted by molar-refractivity contribution is 6.06. The van der Waals surface area contributed by atoms with Gasteiger partial charge in [0.25, 0.3) is 11.8 Å². The Bertz CT molecular complexity index is 1030. The second-order valence-corrected chi connectivity index (χ2v) is 7.00. The number of ether oxygens (including phenoxy) is 2. The maximum absolute atomic E-state index is 12.6. The maximum Gasteiger partial charge on any atom is 0.338 e. The van der Waals surface area contributed by atoms with Crippen LogP contribution in [-0.2, 0) is 14.3 Å². The molecule has 9 nitrogen and oxygen atoms in total. The molecule has 2 aromatic carbocycles. The number of hydrogen-bond acceptors (Lipinski definition) is 6. The van der Waals surface area contributed by atoms with E-state index in [1.54, 1.807) is 51.4 Å². The number of esters is 1. The molecule has 1 heterocycles. The van der Waals surface area contributed by atoms with Gasteiger partial charge in [-0.3, -0.25) is 19.3 Å². The highest BCUT2D eigenvalue weighted by Gasteiger charge is 2.28. The Hall–Kier alpha value is -3.88. The zero-order valence-electron chi connectivity index (χ0n) is 17.5. The largest absolute Gasteiger partial charge is 0.482 e. The first kappa shape index (κ1) is 21.8. The number of anilines is 2. The van der Waals surface area contributed by atoms with Crippen LogP contribution in [0.4, 0.5) is 11.4 Å². The van der Waals surface area contributed by atoms with E-state index in [2.05, 4.69) is 5.32 Å². The minimum Gasteiger partial charge on any atom is -0.482 e. The number of hydrogen-bond donors (Lipinski definition) is 1. The molecule has 0 saturated carbocycles. The summed E-state index contributed by atoms with van der Waals surface area (Å²) in [7, 11) is 3.25. The molecule has 0 saturated heterocycles. The van der Waals surface area contributed by atoms with E-state index in [4.69, 9.17) is 9.47 Å². The Morgan fingerprint density at radius 1 is 1.13 bits per heavy atom. The molecule has 1 aliphatic rings. The van der Waals surface area contributed by atoms with Crippen molar-refractivity contribution in [3.8, 4) is 5.75 Å². The lowest BCUT2D eigenvalue weighted by atomic mass is 10.1. The van der Waals surface area contributed by atoms with Gasteiger partial charge in [-0.05, 0) is 43.3 Å². The van der Waals surface area contributed by atoms with E-state index in [0.717, 1.165) is 0 Å². The van der Waals surface area contributed by atoms with Gasteiger partial charge in [0.05, 0.1) is 17.9 Å². The van der Waals surface area contributed by atoms with Crippen LogP contribution in [0.15, 0.2) is 42.5 Å². The average Bonchev–Trinajstić information content (AvgIpc) is 2.75. The van der Waals surface area contributed by atoms with Gasteiger partial charge in [0, 0.05) is 25.3 Å². The molecular formula is C22H23N3O6. The quantitative estimate of drug-likeness (QED) is 0.709. The molecule has 0 bridgehead atoms. The predicted octanol–water partition coefficient (Wildman–Crippen LogP) is 1.93. The lowest BCUT2D eigenvalue weighted by Crippen LogP contribution is -2.43. The molecule has 1 N–H and O–H groups in total. The third kappa shape index (κ3) is 5.00. The van der Waals surface area contributed by atoms with Crippen LogP contribution >= 0.6 is 0 Å². The molecule has 31 heavy (non-hydrogen) atoms. The topological polar surface area (TPSA) is 105 Å². The van der Waals surface area contributed by atoms with Gasteiger partial charge >= 0.3 is 5.97 Å². The monoisotopic (exact) mass is 425 g/mol. The molecule has 2 aromatic rings. The molecule has 0 aliphatic carbocycles. The van der Waals surface area contributed by atoms with Crippen molar-refractivity contribution < 1.29 is 28.7 Å². The molecule has 9 heteroatoms. The fourth-order valence-corrected chi connectivity index (χ4v) is 3.05. The van der Waals surface area contributed by atoms with E-state index in [1.807, 2.05) is 0 Å². The summed E-state index contributed by atoms with van der Waals surface area (Å²) in [5, 5.41) is 2.68. The van der Waals surface area contributed by atoms with Gasteiger partial charge in [0.1, 0.15) is 12.3 Å². The average molecular weight is 425 g/mol. The second-order valence-electron chi connectivity index (χ2n) is 7.00. The van der Waals surface area contributed by atoms with Gasteiger partial charge in [-0.25, -0.2) is 4.79 Å². The van der Waals surface area contributed by atoms with Crippen LogP contribution in [0, 0.1) is 0 Å². The molecule has 0 unspecified atom stereocenters. The summed E-state index contributed by atoms with van der Waals surface area (Å²) in [6.07, 6.45) is 0. The van der Waals surface area contributed by atoms with Gasteiger partial charge in [-0.15, -0.1) is 0 Å². The molecule has 1 aliphatic heterocycles. The van der Waals surface area contributed by atoms with Crippen molar-refractivity contribution >= 4 is 35.1 Å². The van der Waals surface area contributed by atoms with Crippen LogP contribution in [-0.4, -0.2) is 62.4 Å². The highest BCUT2D eigenvalue weighted by Crippen LogP contribution is 2.33. The zero-order valence-corrected chi connectivity index (χ0v) is 17.5. The van der Waals surface area contributed by atoms with E-state index in [1.165, 1.54) is 21.9 Å². The molecule has 0 fully saturated rings. The number of benzene rings is 2. The van der Waals surface area contributed by atoms with Gasteiger partial charge in [0.2, 0.25) is 5.91 Å². The highest BCUT2D eigenvalue weighted by atomic mass is 16.5. The predicted molar refractivity (Wildman–Crippen MR) is 113 cm³/mol. The molecule has 0 spiro atoms. The Morgan fingerprint density at radius 3 is 2.61 bits per heavy atom. The van der Waals surface area contributed by atoms with Crippen molar-refractivity contribution in [3.63, 3.8) is 0 Å². The molecular weight excluding hydrogens is 402 g/mol. The number of fused-ring (bicyclic) bond motifs is 1. The van der Waals surface area contributed by atoms with E-state index in [-0.39, 0.29) is 25.7 Å². The number of nitrogens with zero attached hydrogens (tertiary/aromatic N) is 2. The summed E-state index contributed by atoms with van der Waals surface area (Å²) in [6.45, 7) is 1.46. The summed E-state index contributed by atoms with van der Waals surface area (Å²) in [6, 6.07) is 11.1. The molecule has 3 amide bonds. The van der Waals surface area contributed by atoms with Crippen LogP contribution < -0.4 is 15.0 Å². The number of carbonyl (C=O) groups excluding carboxylic acids is 4. The number of carbonyl (C=O) groups is 4. The van der Waals surface area contributed by atoms with Crippen LogP contribution in [0.3, 0.4) is 0 Å². The fraction of sp³-hybridized carbons (Fsp3) is 0.273. The SMILES string of the molecule is CCOC(=O)c1cccc(NC(=O)CN2C(=O)COc3ccc(C(=O)N(C)C)cc32)c1. The van der Waals surface area contributed by atoms with Crippen molar-refractivity contribution in [2.24, 2.45) is 0 Å². The molecule has 3 rings (SSSR count). The minimum atomic E-state index is -0.492.